The highest BCUT2D eigenvalue weighted by molar-refractivity contribution is 5.86. The Morgan fingerprint density at radius 1 is 0.833 bits per heavy atom. The Morgan fingerprint density at radius 2 is 1.67 bits per heavy atom. The third-order valence-electron chi connectivity index (χ3n) is 2.71. The number of benzene rings is 2. The highest BCUT2D eigenvalue weighted by Gasteiger charge is 1.98. The summed E-state index contributed by atoms with van der Waals surface area (Å²) in [5.41, 5.74) is 6.47. The van der Waals surface area contributed by atoms with Gasteiger partial charge in [0, 0.05) is 5.69 Å². The fourth-order valence-corrected chi connectivity index (χ4v) is 1.82. The lowest BCUT2D eigenvalue weighted by molar-refractivity contribution is 1.05. The first kappa shape index (κ1) is 10.5. The monoisotopic (exact) mass is 236 g/mol. The molecular weight excluding hydrogens is 224 g/mol. The predicted octanol–water partition coefficient (Wildman–Crippen LogP) is 2.96. The predicted molar refractivity (Wildman–Crippen MR) is 73.7 cm³/mol. The molecule has 18 heavy (non-hydrogen) atoms. The number of fused-ring (bicyclic) bond motifs is 1. The molecule has 0 unspecified atom stereocenters. The second-order valence-corrected chi connectivity index (χ2v) is 4.03. The average Bonchev–Trinajstić information content (AvgIpc) is 2.41. The van der Waals surface area contributed by atoms with Crippen molar-refractivity contribution in [3.05, 3.63) is 54.6 Å². The van der Waals surface area contributed by atoms with Crippen molar-refractivity contribution in [1.29, 1.82) is 0 Å². The van der Waals surface area contributed by atoms with Crippen LogP contribution in [0.25, 0.3) is 10.8 Å². The molecule has 0 aliphatic rings. The van der Waals surface area contributed by atoms with Gasteiger partial charge in [0.25, 0.3) is 0 Å². The second kappa shape index (κ2) is 4.33. The fraction of sp³-hybridized carbons (Fsp3) is 0. The highest BCUT2D eigenvalue weighted by atomic mass is 15.2. The number of hydrogen-bond donors (Lipinski definition) is 2. The van der Waals surface area contributed by atoms with E-state index in [0.717, 1.165) is 5.69 Å². The summed E-state index contributed by atoms with van der Waals surface area (Å²) >= 11 is 0. The van der Waals surface area contributed by atoms with E-state index in [0.29, 0.717) is 11.6 Å². The Balaban J connectivity index is 1.92. The van der Waals surface area contributed by atoms with Crippen LogP contribution in [0.15, 0.2) is 54.6 Å². The molecule has 4 nitrogen and oxygen atoms in total. The maximum Gasteiger partial charge on any atom is 0.153 e. The van der Waals surface area contributed by atoms with Crippen LogP contribution in [0.5, 0.6) is 0 Å². The zero-order chi connectivity index (χ0) is 12.4. The van der Waals surface area contributed by atoms with Crippen molar-refractivity contribution in [2.75, 3.05) is 11.1 Å². The molecule has 0 fully saturated rings. The van der Waals surface area contributed by atoms with Gasteiger partial charge in [-0.2, -0.15) is 0 Å². The lowest BCUT2D eigenvalue weighted by atomic mass is 10.1. The van der Waals surface area contributed by atoms with Crippen LogP contribution < -0.4 is 11.1 Å². The number of hydrogen-bond acceptors (Lipinski definition) is 4. The van der Waals surface area contributed by atoms with Crippen molar-refractivity contribution in [2.45, 2.75) is 0 Å². The molecule has 2 aromatic carbocycles. The standard InChI is InChI=1S/C14H12N4/c15-13-7-8-14(18-17-13)16-12-6-5-10-3-1-2-4-11(10)9-12/h1-9H,(H2,15,17)(H,16,18). The Kier molecular flexibility index (Phi) is 2.53. The summed E-state index contributed by atoms with van der Waals surface area (Å²) in [6, 6.07) is 17.9. The first-order valence-electron chi connectivity index (χ1n) is 5.66. The maximum atomic E-state index is 5.49. The van der Waals surface area contributed by atoms with Gasteiger partial charge in [-0.15, -0.1) is 10.2 Å². The Labute approximate surface area is 104 Å². The molecule has 3 aromatic rings. The van der Waals surface area contributed by atoms with Crippen molar-refractivity contribution in [3.63, 3.8) is 0 Å². The second-order valence-electron chi connectivity index (χ2n) is 4.03. The van der Waals surface area contributed by atoms with Crippen LogP contribution in [0, 0.1) is 0 Å². The Morgan fingerprint density at radius 3 is 2.44 bits per heavy atom. The fourth-order valence-electron chi connectivity index (χ4n) is 1.82. The highest BCUT2D eigenvalue weighted by Crippen LogP contribution is 2.21. The smallest absolute Gasteiger partial charge is 0.153 e. The summed E-state index contributed by atoms with van der Waals surface area (Å²) in [5.74, 6) is 1.10. The minimum absolute atomic E-state index is 0.416. The first-order valence-corrected chi connectivity index (χ1v) is 5.66. The molecule has 0 saturated carbocycles. The minimum atomic E-state index is 0.416. The molecule has 0 bridgehead atoms. The van der Waals surface area contributed by atoms with E-state index in [1.807, 2.05) is 18.2 Å². The number of anilines is 3. The Hall–Kier alpha value is -2.62. The molecule has 3 N–H and O–H groups in total. The lowest BCUT2D eigenvalue weighted by Crippen LogP contribution is -1.97. The van der Waals surface area contributed by atoms with Gasteiger partial charge in [0.05, 0.1) is 0 Å². The van der Waals surface area contributed by atoms with E-state index >= 15 is 0 Å². The summed E-state index contributed by atoms with van der Waals surface area (Å²) in [7, 11) is 0. The minimum Gasteiger partial charge on any atom is -0.382 e. The molecule has 0 spiro atoms. The van der Waals surface area contributed by atoms with Gasteiger partial charge in [0.1, 0.15) is 5.82 Å². The van der Waals surface area contributed by atoms with E-state index in [1.165, 1.54) is 10.8 Å². The van der Waals surface area contributed by atoms with Crippen molar-refractivity contribution in [1.82, 2.24) is 10.2 Å². The average molecular weight is 236 g/mol. The van der Waals surface area contributed by atoms with E-state index < -0.39 is 0 Å². The third kappa shape index (κ3) is 2.08. The molecule has 3 rings (SSSR count). The van der Waals surface area contributed by atoms with Gasteiger partial charge in [-0.1, -0.05) is 30.3 Å². The van der Waals surface area contributed by atoms with Gasteiger partial charge >= 0.3 is 0 Å². The molecule has 0 aliphatic heterocycles. The molecule has 1 aromatic heterocycles. The number of rotatable bonds is 2. The topological polar surface area (TPSA) is 63.8 Å². The van der Waals surface area contributed by atoms with Crippen molar-refractivity contribution >= 4 is 28.1 Å². The number of nitrogens with one attached hydrogen (secondary N) is 1. The third-order valence-corrected chi connectivity index (χ3v) is 2.71. The van der Waals surface area contributed by atoms with Crippen LogP contribution in [-0.4, -0.2) is 10.2 Å². The zero-order valence-electron chi connectivity index (χ0n) is 9.67. The van der Waals surface area contributed by atoms with E-state index in [2.05, 4.69) is 39.8 Å². The van der Waals surface area contributed by atoms with Crippen molar-refractivity contribution < 1.29 is 0 Å². The molecule has 0 atom stereocenters. The van der Waals surface area contributed by atoms with Gasteiger partial charge in [0.2, 0.25) is 0 Å². The molecule has 0 radical (unpaired) electrons. The summed E-state index contributed by atoms with van der Waals surface area (Å²) < 4.78 is 0. The number of nitrogens with two attached hydrogens (primary N) is 1. The van der Waals surface area contributed by atoms with Crippen molar-refractivity contribution in [3.8, 4) is 0 Å². The molecular formula is C14H12N4. The normalized spacial score (nSPS) is 10.4. The maximum absolute atomic E-state index is 5.49. The SMILES string of the molecule is Nc1ccc(Nc2ccc3ccccc3c2)nn1. The van der Waals surface area contributed by atoms with E-state index in [4.69, 9.17) is 5.73 Å². The van der Waals surface area contributed by atoms with Gasteiger partial charge in [0.15, 0.2) is 5.82 Å². The largest absolute Gasteiger partial charge is 0.382 e. The lowest BCUT2D eigenvalue weighted by Gasteiger charge is -2.06. The van der Waals surface area contributed by atoms with Crippen molar-refractivity contribution in [2.24, 2.45) is 0 Å². The summed E-state index contributed by atoms with van der Waals surface area (Å²) in [5, 5.41) is 13.4. The van der Waals surface area contributed by atoms with Gasteiger partial charge in [-0.05, 0) is 35.0 Å². The number of aromatic nitrogens is 2. The van der Waals surface area contributed by atoms with Crippen LogP contribution in [0.2, 0.25) is 0 Å². The summed E-state index contributed by atoms with van der Waals surface area (Å²) in [4.78, 5) is 0. The Bertz CT molecular complexity index is 677. The number of nitrogens with zero attached hydrogens (tertiary/aromatic N) is 2. The summed E-state index contributed by atoms with van der Waals surface area (Å²) in [6.07, 6.45) is 0. The van der Waals surface area contributed by atoms with E-state index in [1.54, 1.807) is 12.1 Å². The van der Waals surface area contributed by atoms with E-state index in [9.17, 15) is 0 Å². The van der Waals surface area contributed by atoms with Gasteiger partial charge in [-0.25, -0.2) is 0 Å². The van der Waals surface area contributed by atoms with Crippen LogP contribution in [0.3, 0.4) is 0 Å². The molecule has 0 aliphatic carbocycles. The van der Waals surface area contributed by atoms with Gasteiger partial charge in [-0.3, -0.25) is 0 Å². The summed E-state index contributed by atoms with van der Waals surface area (Å²) in [6.45, 7) is 0. The quantitative estimate of drug-likeness (QED) is 0.718. The van der Waals surface area contributed by atoms with E-state index in [-0.39, 0.29) is 0 Å². The molecule has 4 heteroatoms. The van der Waals surface area contributed by atoms with Gasteiger partial charge < -0.3 is 11.1 Å². The number of nitrogen functional groups attached to an aromatic ring is 1. The molecule has 1 heterocycles. The molecule has 0 saturated heterocycles. The van der Waals surface area contributed by atoms with Crippen LogP contribution >= 0.6 is 0 Å². The van der Waals surface area contributed by atoms with Crippen LogP contribution in [0.4, 0.5) is 17.3 Å². The molecule has 0 amide bonds. The first-order chi connectivity index (χ1) is 8.81. The van der Waals surface area contributed by atoms with Crippen LogP contribution in [-0.2, 0) is 0 Å². The zero-order valence-corrected chi connectivity index (χ0v) is 9.67. The molecule has 88 valence electrons. The van der Waals surface area contributed by atoms with Crippen LogP contribution in [0.1, 0.15) is 0 Å².